The Balaban J connectivity index is 2.39. The number of hydroxylamine groups is 2. The number of alkyl halides is 2. The lowest BCUT2D eigenvalue weighted by Crippen LogP contribution is -2.97. The van der Waals surface area contributed by atoms with E-state index in [1.165, 1.54) is 30.6 Å². The number of halogens is 2. The Bertz CT molecular complexity index is 355. The van der Waals surface area contributed by atoms with Gasteiger partial charge < -0.3 is 10.3 Å². The zero-order valence-corrected chi connectivity index (χ0v) is 7.38. The van der Waals surface area contributed by atoms with Crippen molar-refractivity contribution < 1.29 is 9.45 Å². The van der Waals surface area contributed by atoms with E-state index in [2.05, 4.69) is 0 Å². The molecule has 0 amide bonds. The van der Waals surface area contributed by atoms with E-state index in [4.69, 9.17) is 11.6 Å². The van der Waals surface area contributed by atoms with Crippen LogP contribution in [0.15, 0.2) is 47.9 Å². The zero-order valence-electron chi connectivity index (χ0n) is 6.63. The van der Waals surface area contributed by atoms with Crippen LogP contribution in [0.2, 0.25) is 0 Å². The van der Waals surface area contributed by atoms with Gasteiger partial charge in [0.25, 0.3) is 0 Å². The van der Waals surface area contributed by atoms with Gasteiger partial charge in [-0.3, -0.25) is 0 Å². The quantitative estimate of drug-likeness (QED) is 0.461. The Morgan fingerprint density at radius 1 is 1.38 bits per heavy atom. The molecular formula is C9H7ClFNO. The highest BCUT2D eigenvalue weighted by Gasteiger charge is 2.25. The summed E-state index contributed by atoms with van der Waals surface area (Å²) in [6, 6.07) is 0. The molecule has 0 spiro atoms. The van der Waals surface area contributed by atoms with Gasteiger partial charge in [0.1, 0.15) is 6.20 Å². The number of allylic oxidation sites excluding steroid dienone is 6. The van der Waals surface area contributed by atoms with Gasteiger partial charge in [-0.25, -0.2) is 4.39 Å². The molecule has 4 heteroatoms. The lowest BCUT2D eigenvalue weighted by Gasteiger charge is -2.22. The zero-order chi connectivity index (χ0) is 9.47. The number of nitrogens with one attached hydrogen (secondary N) is 1. The van der Waals surface area contributed by atoms with Crippen molar-refractivity contribution >= 4 is 11.6 Å². The van der Waals surface area contributed by atoms with Crippen LogP contribution in [0.3, 0.4) is 0 Å². The summed E-state index contributed by atoms with van der Waals surface area (Å²) in [4.78, 5) is 0. The van der Waals surface area contributed by atoms with Crippen molar-refractivity contribution in [1.29, 1.82) is 0 Å². The molecule has 0 radical (unpaired) electrons. The third kappa shape index (κ3) is 1.72. The average Bonchev–Trinajstić information content (AvgIpc) is 2.05. The molecule has 1 aliphatic carbocycles. The number of hydrogen-bond donors (Lipinski definition) is 1. The van der Waals surface area contributed by atoms with Crippen molar-refractivity contribution in [2.45, 2.75) is 5.13 Å². The van der Waals surface area contributed by atoms with E-state index in [-0.39, 0.29) is 5.06 Å². The summed E-state index contributed by atoms with van der Waals surface area (Å²) < 4.78 is 13.2. The Kier molecular flexibility index (Phi) is 1.87. The van der Waals surface area contributed by atoms with E-state index in [0.29, 0.717) is 11.1 Å². The molecule has 0 aromatic rings. The van der Waals surface area contributed by atoms with E-state index in [1.807, 2.05) is 0 Å². The first-order valence-corrected chi connectivity index (χ1v) is 4.19. The maximum atomic E-state index is 13.2. The van der Waals surface area contributed by atoms with Crippen molar-refractivity contribution in [3.63, 3.8) is 0 Å². The minimum absolute atomic E-state index is 0.0854. The van der Waals surface area contributed by atoms with E-state index >= 15 is 0 Å². The highest BCUT2D eigenvalue weighted by molar-refractivity contribution is 6.25. The normalized spacial score (nSPS) is 36.7. The van der Waals surface area contributed by atoms with Gasteiger partial charge in [-0.05, 0) is 29.9 Å². The van der Waals surface area contributed by atoms with E-state index < -0.39 is 5.13 Å². The molecule has 0 aromatic carbocycles. The first kappa shape index (κ1) is 8.69. The van der Waals surface area contributed by atoms with Crippen LogP contribution in [0, 0.1) is 5.21 Å². The smallest absolute Gasteiger partial charge is 0.221 e. The topological polar surface area (TPSA) is 27.5 Å². The lowest BCUT2D eigenvalue weighted by atomic mass is 9.98. The predicted molar refractivity (Wildman–Crippen MR) is 48.5 cm³/mol. The Hall–Kier alpha value is -0.900. The number of fused-ring (bicyclic) bond motifs is 1. The second-order valence-corrected chi connectivity index (χ2v) is 3.52. The molecule has 0 saturated carbocycles. The molecule has 1 heterocycles. The summed E-state index contributed by atoms with van der Waals surface area (Å²) in [6.07, 6.45) is 8.43. The van der Waals surface area contributed by atoms with Crippen molar-refractivity contribution in [2.24, 2.45) is 0 Å². The predicted octanol–water partition coefficient (Wildman–Crippen LogP) is 1.18. The van der Waals surface area contributed by atoms with Gasteiger partial charge in [-0.15, -0.1) is 0 Å². The molecule has 1 N–H and O–H groups in total. The summed E-state index contributed by atoms with van der Waals surface area (Å²) in [5, 5.41) is 8.92. The second-order valence-electron chi connectivity index (χ2n) is 2.94. The summed E-state index contributed by atoms with van der Waals surface area (Å²) in [7, 11) is 0. The molecule has 2 unspecified atom stereocenters. The first-order valence-electron chi connectivity index (χ1n) is 3.81. The third-order valence-corrected chi connectivity index (χ3v) is 2.13. The summed E-state index contributed by atoms with van der Waals surface area (Å²) >= 11 is 5.45. The largest absolute Gasteiger partial charge is 0.624 e. The molecule has 1 aliphatic heterocycles. The van der Waals surface area contributed by atoms with E-state index in [9.17, 15) is 9.60 Å². The SMILES string of the molecule is [O-][NH+]1C=CC2=CC(F)(Cl)C=CC2=C1. The fourth-order valence-electron chi connectivity index (χ4n) is 1.28. The molecule has 13 heavy (non-hydrogen) atoms. The molecule has 0 saturated heterocycles. The summed E-state index contributed by atoms with van der Waals surface area (Å²) in [6.45, 7) is 0. The number of hydrogen-bond acceptors (Lipinski definition) is 1. The van der Waals surface area contributed by atoms with E-state index in [1.54, 1.807) is 6.08 Å². The van der Waals surface area contributed by atoms with Crippen LogP contribution in [0.25, 0.3) is 0 Å². The fourth-order valence-corrected chi connectivity index (χ4v) is 1.47. The average molecular weight is 200 g/mol. The molecule has 2 atom stereocenters. The molecular weight excluding hydrogens is 193 g/mol. The second kappa shape index (κ2) is 2.80. The Labute approximate surface area is 79.9 Å². The highest BCUT2D eigenvalue weighted by Crippen LogP contribution is 2.31. The maximum absolute atomic E-state index is 13.2. The molecule has 2 rings (SSSR count). The fraction of sp³-hybridized carbons (Fsp3) is 0.111. The van der Waals surface area contributed by atoms with Gasteiger partial charge in [0, 0.05) is 5.57 Å². The highest BCUT2D eigenvalue weighted by atomic mass is 35.5. The van der Waals surface area contributed by atoms with Crippen LogP contribution in [0.1, 0.15) is 0 Å². The van der Waals surface area contributed by atoms with E-state index in [0.717, 1.165) is 0 Å². The van der Waals surface area contributed by atoms with Crippen molar-refractivity contribution in [3.05, 3.63) is 53.1 Å². The third-order valence-electron chi connectivity index (χ3n) is 1.89. The molecule has 0 aromatic heterocycles. The standard InChI is InChI=1S/C9H7ClFNO/c10-9(11)3-1-8-6-12(13)4-2-7(8)5-9/h1-6,12H. The maximum Gasteiger partial charge on any atom is 0.221 e. The van der Waals surface area contributed by atoms with Crippen LogP contribution in [0.4, 0.5) is 4.39 Å². The Morgan fingerprint density at radius 3 is 2.92 bits per heavy atom. The van der Waals surface area contributed by atoms with Crippen LogP contribution in [-0.2, 0) is 0 Å². The van der Waals surface area contributed by atoms with Crippen molar-refractivity contribution in [1.82, 2.24) is 0 Å². The van der Waals surface area contributed by atoms with Gasteiger partial charge in [0.15, 0.2) is 0 Å². The Morgan fingerprint density at radius 2 is 2.15 bits per heavy atom. The molecule has 0 fully saturated rings. The first-order chi connectivity index (χ1) is 6.07. The minimum Gasteiger partial charge on any atom is -0.624 e. The molecule has 2 nitrogen and oxygen atoms in total. The van der Waals surface area contributed by atoms with Gasteiger partial charge in [-0.2, -0.15) is 0 Å². The summed E-state index contributed by atoms with van der Waals surface area (Å²) in [5.41, 5.74) is 1.36. The van der Waals surface area contributed by atoms with Gasteiger partial charge in [0.2, 0.25) is 5.13 Å². The van der Waals surface area contributed by atoms with Gasteiger partial charge in [0.05, 0.1) is 6.20 Å². The lowest BCUT2D eigenvalue weighted by molar-refractivity contribution is -0.731. The summed E-state index contributed by atoms with van der Waals surface area (Å²) in [5.74, 6) is 0. The van der Waals surface area contributed by atoms with Crippen molar-refractivity contribution in [3.8, 4) is 0 Å². The van der Waals surface area contributed by atoms with Crippen LogP contribution in [-0.4, -0.2) is 5.13 Å². The number of quaternary nitrogens is 1. The van der Waals surface area contributed by atoms with Gasteiger partial charge >= 0.3 is 0 Å². The van der Waals surface area contributed by atoms with Crippen LogP contribution < -0.4 is 5.06 Å². The molecule has 0 bridgehead atoms. The van der Waals surface area contributed by atoms with Crippen molar-refractivity contribution in [2.75, 3.05) is 0 Å². The van der Waals surface area contributed by atoms with Crippen LogP contribution in [0.5, 0.6) is 0 Å². The minimum atomic E-state index is -1.92. The monoisotopic (exact) mass is 199 g/mol. The molecule has 2 aliphatic rings. The van der Waals surface area contributed by atoms with Crippen LogP contribution >= 0.6 is 11.6 Å². The number of rotatable bonds is 0. The van der Waals surface area contributed by atoms with Gasteiger partial charge in [-0.1, -0.05) is 11.6 Å². The molecule has 68 valence electrons.